The molecule has 0 aliphatic carbocycles. The van der Waals surface area contributed by atoms with Crippen molar-refractivity contribution in [2.75, 3.05) is 0 Å². The van der Waals surface area contributed by atoms with Gasteiger partial charge in [0.1, 0.15) is 0 Å². The second-order valence-electron chi connectivity index (χ2n) is 5.41. The Labute approximate surface area is 109 Å². The Balaban J connectivity index is 2.67. The van der Waals surface area contributed by atoms with E-state index in [0.717, 1.165) is 0 Å². The van der Waals surface area contributed by atoms with Crippen LogP contribution in [-0.4, -0.2) is 13.3 Å². The van der Waals surface area contributed by atoms with Crippen LogP contribution in [0.3, 0.4) is 0 Å². The van der Waals surface area contributed by atoms with Crippen molar-refractivity contribution in [1.82, 2.24) is 0 Å². The number of rotatable bonds is 2. The van der Waals surface area contributed by atoms with Crippen molar-refractivity contribution in [2.24, 2.45) is 0 Å². The Morgan fingerprint density at radius 2 is 1.12 bits per heavy atom. The minimum absolute atomic E-state index is 1.19. The van der Waals surface area contributed by atoms with E-state index in [1.807, 2.05) is 0 Å². The molecule has 0 aromatic heterocycles. The van der Waals surface area contributed by atoms with E-state index in [1.54, 1.807) is 28.8 Å². The fourth-order valence-electron chi connectivity index (χ4n) is 3.95. The van der Waals surface area contributed by atoms with Gasteiger partial charge in [0.2, 0.25) is 0 Å². The van der Waals surface area contributed by atoms with Gasteiger partial charge in [-0.3, -0.25) is 0 Å². The van der Waals surface area contributed by atoms with Crippen LogP contribution in [0.5, 0.6) is 0 Å². The van der Waals surface area contributed by atoms with Crippen molar-refractivity contribution in [3.63, 3.8) is 0 Å². The van der Waals surface area contributed by atoms with E-state index in [2.05, 4.69) is 53.7 Å². The second kappa shape index (κ2) is 4.31. The molecule has 0 radical (unpaired) electrons. The molecule has 0 nitrogen and oxygen atoms in total. The van der Waals surface area contributed by atoms with Crippen LogP contribution in [-0.2, 0) is 0 Å². The molecular formula is C16H24Ge. The monoisotopic (exact) mass is 290 g/mol. The normalized spacial score (nSPS) is 22.7. The van der Waals surface area contributed by atoms with Gasteiger partial charge in [-0.1, -0.05) is 0 Å². The van der Waals surface area contributed by atoms with Gasteiger partial charge in [-0.15, -0.1) is 0 Å². The first-order valence-electron chi connectivity index (χ1n) is 6.78. The summed E-state index contributed by atoms with van der Waals surface area (Å²) >= 11 is -2.17. The molecule has 0 unspecified atom stereocenters. The van der Waals surface area contributed by atoms with Crippen LogP contribution in [0.4, 0.5) is 0 Å². The molecule has 0 amide bonds. The van der Waals surface area contributed by atoms with Gasteiger partial charge in [-0.25, -0.2) is 0 Å². The second-order valence-corrected chi connectivity index (χ2v) is 15.0. The van der Waals surface area contributed by atoms with Gasteiger partial charge in [-0.2, -0.15) is 0 Å². The molecule has 2 aliphatic rings. The van der Waals surface area contributed by atoms with Crippen molar-refractivity contribution in [2.45, 2.75) is 54.4 Å². The predicted octanol–water partition coefficient (Wildman–Crippen LogP) is 4.96. The molecule has 1 heteroatoms. The summed E-state index contributed by atoms with van der Waals surface area (Å²) in [5.74, 6) is 0. The van der Waals surface area contributed by atoms with Crippen molar-refractivity contribution >= 4 is 13.3 Å². The molecule has 0 atom stereocenters. The molecule has 0 fully saturated rings. The van der Waals surface area contributed by atoms with Crippen molar-refractivity contribution in [3.8, 4) is 0 Å². The van der Waals surface area contributed by atoms with E-state index in [9.17, 15) is 0 Å². The van der Waals surface area contributed by atoms with E-state index in [1.165, 1.54) is 12.8 Å². The molecule has 0 saturated heterocycles. The van der Waals surface area contributed by atoms with E-state index >= 15 is 0 Å². The molecule has 0 N–H and O–H groups in total. The quantitative estimate of drug-likeness (QED) is 0.630. The first-order chi connectivity index (χ1) is 7.99. The van der Waals surface area contributed by atoms with Crippen LogP contribution in [0, 0.1) is 0 Å². The topological polar surface area (TPSA) is 0 Å². The van der Waals surface area contributed by atoms with Crippen LogP contribution in [0.2, 0.25) is 0 Å². The summed E-state index contributed by atoms with van der Waals surface area (Å²) in [4.78, 5) is 0. The first kappa shape index (κ1) is 12.9. The standard InChI is InChI=1S/C16H24Ge/c1-7-15-9-11(3)17(13(15)5)12(4)10-16(8-2)14(17)6/h9-10H,7-8H2,1-6H3. The van der Waals surface area contributed by atoms with Crippen LogP contribution >= 0.6 is 0 Å². The van der Waals surface area contributed by atoms with Gasteiger partial charge in [0.15, 0.2) is 0 Å². The van der Waals surface area contributed by atoms with Crippen molar-refractivity contribution in [1.29, 1.82) is 0 Å². The first-order valence-corrected chi connectivity index (χ1v) is 11.0. The summed E-state index contributed by atoms with van der Waals surface area (Å²) in [6.07, 6.45) is 7.37. The Morgan fingerprint density at radius 1 is 0.765 bits per heavy atom. The Morgan fingerprint density at radius 3 is 1.35 bits per heavy atom. The molecule has 2 heterocycles. The third kappa shape index (κ3) is 1.49. The zero-order chi connectivity index (χ0) is 12.8. The Kier molecular flexibility index (Phi) is 3.28. The van der Waals surface area contributed by atoms with Crippen LogP contribution in [0.15, 0.2) is 40.9 Å². The predicted molar refractivity (Wildman–Crippen MR) is 79.3 cm³/mol. The van der Waals surface area contributed by atoms with Gasteiger partial charge in [0.25, 0.3) is 0 Å². The summed E-state index contributed by atoms with van der Waals surface area (Å²) < 4.78 is 6.91. The molecule has 17 heavy (non-hydrogen) atoms. The van der Waals surface area contributed by atoms with Crippen molar-refractivity contribution in [3.05, 3.63) is 40.9 Å². The number of hydrogen-bond donors (Lipinski definition) is 0. The minimum atomic E-state index is -2.17. The summed E-state index contributed by atoms with van der Waals surface area (Å²) in [6.45, 7) is 14.2. The zero-order valence-corrected chi connectivity index (χ0v) is 14.2. The molecular weight excluding hydrogens is 265 g/mol. The van der Waals surface area contributed by atoms with Gasteiger partial charge < -0.3 is 0 Å². The van der Waals surface area contributed by atoms with Gasteiger partial charge in [-0.05, 0) is 0 Å². The molecule has 92 valence electrons. The molecule has 2 aliphatic heterocycles. The van der Waals surface area contributed by atoms with E-state index < -0.39 is 13.3 Å². The van der Waals surface area contributed by atoms with Crippen LogP contribution in [0.1, 0.15) is 54.4 Å². The van der Waals surface area contributed by atoms with Crippen LogP contribution < -0.4 is 0 Å². The maximum atomic E-state index is 2.49. The van der Waals surface area contributed by atoms with Gasteiger partial charge in [0.05, 0.1) is 0 Å². The molecule has 2 rings (SSSR count). The average Bonchev–Trinajstić information content (AvgIpc) is 2.71. The fourth-order valence-corrected chi connectivity index (χ4v) is 16.1. The third-order valence-electron chi connectivity index (χ3n) is 4.81. The van der Waals surface area contributed by atoms with Gasteiger partial charge in [0, 0.05) is 0 Å². The molecule has 0 aromatic carbocycles. The molecule has 0 aromatic rings. The summed E-state index contributed by atoms with van der Waals surface area (Å²) in [6, 6.07) is 0. The number of hydrogen-bond acceptors (Lipinski definition) is 0. The molecule has 0 saturated carbocycles. The SMILES string of the molecule is CCC1=[C](C)[Ge]2([C](C)=C1)[C](C)=CC(CC)=[C]2C. The fraction of sp³-hybridized carbons (Fsp3) is 0.500. The third-order valence-corrected chi connectivity index (χ3v) is 16.5. The van der Waals surface area contributed by atoms with Crippen LogP contribution in [0.25, 0.3) is 0 Å². The van der Waals surface area contributed by atoms with E-state index in [4.69, 9.17) is 0 Å². The summed E-state index contributed by atoms with van der Waals surface area (Å²) in [5.41, 5.74) is 3.24. The summed E-state index contributed by atoms with van der Waals surface area (Å²) in [5, 5.41) is 0. The number of allylic oxidation sites excluding steroid dienone is 8. The molecule has 0 bridgehead atoms. The van der Waals surface area contributed by atoms with E-state index in [0.29, 0.717) is 0 Å². The maximum absolute atomic E-state index is 2.49. The zero-order valence-electron chi connectivity index (χ0n) is 12.1. The Bertz CT molecular complexity index is 438. The van der Waals surface area contributed by atoms with Crippen molar-refractivity contribution < 1.29 is 0 Å². The van der Waals surface area contributed by atoms with E-state index in [-0.39, 0.29) is 0 Å². The summed E-state index contributed by atoms with van der Waals surface area (Å²) in [7, 11) is 0. The Hall–Kier alpha value is -0.497. The molecule has 1 spiro atoms. The van der Waals surface area contributed by atoms with Gasteiger partial charge >= 0.3 is 109 Å². The average molecular weight is 289 g/mol.